The van der Waals surface area contributed by atoms with E-state index in [2.05, 4.69) is 10.2 Å². The van der Waals surface area contributed by atoms with Gasteiger partial charge in [0.15, 0.2) is 5.54 Å². The van der Waals surface area contributed by atoms with E-state index in [1.165, 1.54) is 0 Å². The minimum atomic E-state index is -0.869. The van der Waals surface area contributed by atoms with Crippen molar-refractivity contribution in [3.8, 4) is 12.1 Å². The van der Waals surface area contributed by atoms with Crippen LogP contribution in [0.5, 0.6) is 0 Å². The van der Waals surface area contributed by atoms with Gasteiger partial charge in [-0.3, -0.25) is 0 Å². The third kappa shape index (κ3) is 4.24. The zero-order valence-electron chi connectivity index (χ0n) is 7.17. The van der Waals surface area contributed by atoms with E-state index < -0.39 is 9.08 Å². The van der Waals surface area contributed by atoms with Crippen molar-refractivity contribution in [2.45, 2.75) is 29.9 Å². The molecule has 0 aromatic carbocycles. The van der Waals surface area contributed by atoms with Crippen molar-refractivity contribution in [1.82, 2.24) is 0 Å². The normalized spacial score (nSPS) is 16.5. The van der Waals surface area contributed by atoms with E-state index in [1.54, 1.807) is 20.8 Å². The average molecular weight is 276 g/mol. The molecule has 0 radical (unpaired) electrons. The molecule has 0 aromatic rings. The summed E-state index contributed by atoms with van der Waals surface area (Å²) in [6.07, 6.45) is 0. The molecule has 0 saturated heterocycles. The predicted molar refractivity (Wildman–Crippen MR) is 52.6 cm³/mol. The van der Waals surface area contributed by atoms with E-state index in [-0.39, 0.29) is 0 Å². The highest BCUT2D eigenvalue weighted by Gasteiger charge is 2.21. The van der Waals surface area contributed by atoms with Crippen LogP contribution in [0.1, 0.15) is 20.8 Å². The van der Waals surface area contributed by atoms with Crippen molar-refractivity contribution in [2.24, 2.45) is 10.2 Å². The van der Waals surface area contributed by atoms with Crippen molar-refractivity contribution in [2.75, 3.05) is 0 Å². The summed E-state index contributed by atoms with van der Waals surface area (Å²) in [5, 5.41) is 24.6. The van der Waals surface area contributed by atoms with Gasteiger partial charge in [-0.25, -0.2) is 0 Å². The standard InChI is InChI=1S/C7H9IN4/c1-6(2,4-9)11-12-7(3,8)5-10/h1-3H3/b12-11+. The second-order valence-corrected chi connectivity index (χ2v) is 5.04. The van der Waals surface area contributed by atoms with Crippen LogP contribution in [-0.4, -0.2) is 9.08 Å². The van der Waals surface area contributed by atoms with E-state index in [1.807, 2.05) is 34.7 Å². The zero-order valence-corrected chi connectivity index (χ0v) is 9.32. The van der Waals surface area contributed by atoms with E-state index in [9.17, 15) is 0 Å². The van der Waals surface area contributed by atoms with Gasteiger partial charge in [0, 0.05) is 0 Å². The van der Waals surface area contributed by atoms with Crippen molar-refractivity contribution in [1.29, 1.82) is 10.5 Å². The number of alkyl halides is 1. The first-order valence-electron chi connectivity index (χ1n) is 3.28. The Bertz CT molecular complexity index is 238. The Morgan fingerprint density at radius 3 is 1.92 bits per heavy atom. The Hall–Kier alpha value is -0.690. The lowest BCUT2D eigenvalue weighted by Crippen LogP contribution is -2.15. The molecular formula is C7H9IN4. The maximum atomic E-state index is 8.57. The van der Waals surface area contributed by atoms with Gasteiger partial charge in [-0.05, 0) is 43.4 Å². The van der Waals surface area contributed by atoms with Gasteiger partial charge in [0.25, 0.3) is 0 Å². The molecular weight excluding hydrogens is 267 g/mol. The van der Waals surface area contributed by atoms with Crippen molar-refractivity contribution in [3.63, 3.8) is 0 Å². The Balaban J connectivity index is 4.50. The third-order valence-corrected chi connectivity index (χ3v) is 1.42. The molecule has 0 aliphatic heterocycles. The van der Waals surface area contributed by atoms with Gasteiger partial charge >= 0.3 is 0 Å². The molecule has 0 amide bonds. The molecule has 0 aromatic heterocycles. The van der Waals surface area contributed by atoms with Gasteiger partial charge in [0.2, 0.25) is 3.55 Å². The maximum Gasteiger partial charge on any atom is 0.214 e. The number of halogens is 1. The highest BCUT2D eigenvalue weighted by atomic mass is 127. The van der Waals surface area contributed by atoms with Crippen molar-refractivity contribution in [3.05, 3.63) is 0 Å². The average Bonchev–Trinajstić information content (AvgIpc) is 2.02. The lowest BCUT2D eigenvalue weighted by molar-refractivity contribution is 0.598. The Morgan fingerprint density at radius 1 is 1.08 bits per heavy atom. The molecule has 5 heteroatoms. The molecule has 64 valence electrons. The fourth-order valence-electron chi connectivity index (χ4n) is 0.264. The minimum absolute atomic E-state index is 0.844. The van der Waals surface area contributed by atoms with Gasteiger partial charge in [0.1, 0.15) is 6.07 Å². The summed E-state index contributed by atoms with van der Waals surface area (Å²) in [5.41, 5.74) is -0.844. The smallest absolute Gasteiger partial charge is 0.196 e. The van der Waals surface area contributed by atoms with Crippen LogP contribution in [0.25, 0.3) is 0 Å². The van der Waals surface area contributed by atoms with Gasteiger partial charge in [-0.1, -0.05) is 0 Å². The SMILES string of the molecule is CC(C)(C#N)/N=N/C(C)(I)C#N. The van der Waals surface area contributed by atoms with E-state index in [0.29, 0.717) is 0 Å². The maximum absolute atomic E-state index is 8.57. The van der Waals surface area contributed by atoms with Crippen LogP contribution in [0.3, 0.4) is 0 Å². The Morgan fingerprint density at radius 2 is 1.58 bits per heavy atom. The number of hydrogen-bond acceptors (Lipinski definition) is 4. The molecule has 0 fully saturated rings. The summed E-state index contributed by atoms with van der Waals surface area (Å²) in [5.74, 6) is 0. The van der Waals surface area contributed by atoms with Crippen LogP contribution >= 0.6 is 22.6 Å². The topological polar surface area (TPSA) is 72.3 Å². The Labute approximate surface area is 85.4 Å². The van der Waals surface area contributed by atoms with Crippen LogP contribution in [0.4, 0.5) is 0 Å². The molecule has 0 aliphatic rings. The lowest BCUT2D eigenvalue weighted by Gasteiger charge is -2.09. The number of hydrogen-bond donors (Lipinski definition) is 0. The summed E-state index contributed by atoms with van der Waals surface area (Å²) in [7, 11) is 0. The molecule has 4 nitrogen and oxygen atoms in total. The summed E-state index contributed by atoms with van der Waals surface area (Å²) < 4.78 is -0.869. The summed E-state index contributed by atoms with van der Waals surface area (Å²) in [6, 6.07) is 3.92. The number of azo groups is 1. The molecule has 0 spiro atoms. The molecule has 0 N–H and O–H groups in total. The number of rotatable bonds is 2. The zero-order chi connectivity index (χ0) is 9.83. The van der Waals surface area contributed by atoms with Crippen molar-refractivity contribution >= 4 is 22.6 Å². The van der Waals surface area contributed by atoms with Gasteiger partial charge in [-0.15, -0.1) is 0 Å². The number of nitriles is 2. The second kappa shape index (κ2) is 3.81. The van der Waals surface area contributed by atoms with Gasteiger partial charge < -0.3 is 0 Å². The second-order valence-electron chi connectivity index (χ2n) is 2.94. The quantitative estimate of drug-likeness (QED) is 0.336. The van der Waals surface area contributed by atoms with E-state index in [0.717, 1.165) is 0 Å². The minimum Gasteiger partial charge on any atom is -0.196 e. The van der Waals surface area contributed by atoms with E-state index in [4.69, 9.17) is 10.5 Å². The largest absolute Gasteiger partial charge is 0.214 e. The van der Waals surface area contributed by atoms with Crippen LogP contribution < -0.4 is 0 Å². The first kappa shape index (κ1) is 11.3. The fourth-order valence-corrected chi connectivity index (χ4v) is 0.371. The monoisotopic (exact) mass is 276 g/mol. The van der Waals surface area contributed by atoms with Crippen LogP contribution in [0.2, 0.25) is 0 Å². The van der Waals surface area contributed by atoms with Crippen molar-refractivity contribution < 1.29 is 0 Å². The van der Waals surface area contributed by atoms with Gasteiger partial charge in [-0.2, -0.15) is 20.8 Å². The Kier molecular flexibility index (Phi) is 3.59. The summed E-state index contributed by atoms with van der Waals surface area (Å²) in [6.45, 7) is 4.91. The van der Waals surface area contributed by atoms with Crippen LogP contribution in [-0.2, 0) is 0 Å². The molecule has 12 heavy (non-hydrogen) atoms. The summed E-state index contributed by atoms with van der Waals surface area (Å²) in [4.78, 5) is 0. The number of nitrogens with zero attached hydrogens (tertiary/aromatic N) is 4. The highest BCUT2D eigenvalue weighted by Crippen LogP contribution is 2.21. The first-order valence-corrected chi connectivity index (χ1v) is 4.36. The fraction of sp³-hybridized carbons (Fsp3) is 0.714. The molecule has 0 rings (SSSR count). The van der Waals surface area contributed by atoms with E-state index >= 15 is 0 Å². The lowest BCUT2D eigenvalue weighted by atomic mass is 10.1. The van der Waals surface area contributed by atoms with Crippen LogP contribution in [0, 0.1) is 22.7 Å². The third-order valence-electron chi connectivity index (χ3n) is 0.965. The molecule has 0 bridgehead atoms. The first-order chi connectivity index (χ1) is 5.33. The van der Waals surface area contributed by atoms with Gasteiger partial charge in [0.05, 0.1) is 6.07 Å². The van der Waals surface area contributed by atoms with Crippen LogP contribution in [0.15, 0.2) is 10.2 Å². The molecule has 1 unspecified atom stereocenters. The molecule has 1 atom stereocenters. The molecule has 0 aliphatic carbocycles. The molecule has 0 saturated carbocycles. The highest BCUT2D eigenvalue weighted by molar-refractivity contribution is 14.1. The molecule has 0 heterocycles. The predicted octanol–water partition coefficient (Wildman–Crippen LogP) is 2.42. The summed E-state index contributed by atoms with van der Waals surface area (Å²) >= 11 is 1.87.